The van der Waals surface area contributed by atoms with Crippen molar-refractivity contribution in [2.75, 3.05) is 39.9 Å². The molecule has 108 valence electrons. The summed E-state index contributed by atoms with van der Waals surface area (Å²) in [5, 5.41) is 12.0. The molecule has 18 heavy (non-hydrogen) atoms. The van der Waals surface area contributed by atoms with E-state index in [0.29, 0.717) is 19.2 Å². The first-order valence-electron chi connectivity index (χ1n) is 6.89. The van der Waals surface area contributed by atoms with E-state index < -0.39 is 5.97 Å². The van der Waals surface area contributed by atoms with Crippen molar-refractivity contribution in [1.82, 2.24) is 10.2 Å². The Morgan fingerprint density at radius 3 is 2.44 bits per heavy atom. The number of nitrogens with one attached hydrogen (secondary N) is 1. The molecule has 0 amide bonds. The molecule has 1 fully saturated rings. The predicted molar refractivity (Wildman–Crippen MR) is 72.9 cm³/mol. The zero-order chi connectivity index (χ0) is 13.8. The van der Waals surface area contributed by atoms with Crippen molar-refractivity contribution in [1.29, 1.82) is 0 Å². The van der Waals surface area contributed by atoms with Crippen molar-refractivity contribution in [2.24, 2.45) is 0 Å². The zero-order valence-electron chi connectivity index (χ0n) is 11.9. The second-order valence-electron chi connectivity index (χ2n) is 4.15. The minimum atomic E-state index is -0.726. The number of carboxylic acids is 1. The van der Waals surface area contributed by atoms with Gasteiger partial charge in [0.1, 0.15) is 0 Å². The summed E-state index contributed by atoms with van der Waals surface area (Å²) >= 11 is 0. The number of aliphatic carboxylic acids is 1. The van der Waals surface area contributed by atoms with E-state index in [4.69, 9.17) is 9.84 Å². The van der Waals surface area contributed by atoms with Gasteiger partial charge < -0.3 is 15.2 Å². The summed E-state index contributed by atoms with van der Waals surface area (Å²) in [6.07, 6.45) is 2.42. The molecule has 0 aromatic carbocycles. The van der Waals surface area contributed by atoms with Crippen molar-refractivity contribution >= 4 is 5.97 Å². The first-order chi connectivity index (χ1) is 8.74. The molecule has 5 nitrogen and oxygen atoms in total. The molecule has 0 atom stereocenters. The van der Waals surface area contributed by atoms with Crippen LogP contribution in [0.15, 0.2) is 0 Å². The minimum absolute atomic E-state index is 0.216. The van der Waals surface area contributed by atoms with Gasteiger partial charge in [-0.2, -0.15) is 0 Å². The third-order valence-corrected chi connectivity index (χ3v) is 3.02. The molecule has 0 unspecified atom stereocenters. The first-order valence-corrected chi connectivity index (χ1v) is 6.89. The number of methoxy groups -OCH3 is 1. The fourth-order valence-corrected chi connectivity index (χ4v) is 2.10. The summed E-state index contributed by atoms with van der Waals surface area (Å²) < 4.78 is 5.07. The van der Waals surface area contributed by atoms with Crippen LogP contribution in [0.4, 0.5) is 0 Å². The van der Waals surface area contributed by atoms with E-state index in [2.05, 4.69) is 10.2 Å². The largest absolute Gasteiger partial charge is 0.481 e. The maximum absolute atomic E-state index is 10.6. The number of hydrogen-bond acceptors (Lipinski definition) is 4. The highest BCUT2D eigenvalue weighted by Crippen LogP contribution is 2.12. The normalized spacial score (nSPS) is 16.2. The molecule has 2 N–H and O–H groups in total. The van der Waals surface area contributed by atoms with Crippen LogP contribution in [0.1, 0.15) is 33.1 Å². The molecule has 1 aliphatic rings. The highest BCUT2D eigenvalue weighted by Gasteiger charge is 2.20. The number of rotatable bonds is 7. The van der Waals surface area contributed by atoms with Crippen molar-refractivity contribution in [2.45, 2.75) is 39.2 Å². The zero-order valence-corrected chi connectivity index (χ0v) is 11.9. The van der Waals surface area contributed by atoms with E-state index in [9.17, 15) is 4.79 Å². The van der Waals surface area contributed by atoms with Gasteiger partial charge in [-0.05, 0) is 25.9 Å². The lowest BCUT2D eigenvalue weighted by Crippen LogP contribution is -2.45. The van der Waals surface area contributed by atoms with E-state index in [1.807, 2.05) is 13.8 Å². The average molecular weight is 260 g/mol. The van der Waals surface area contributed by atoms with Crippen LogP contribution in [0.5, 0.6) is 0 Å². The maximum atomic E-state index is 10.6. The lowest BCUT2D eigenvalue weighted by Gasteiger charge is -2.34. The van der Waals surface area contributed by atoms with Gasteiger partial charge in [-0.1, -0.05) is 13.8 Å². The molecule has 0 bridgehead atoms. The smallest absolute Gasteiger partial charge is 0.304 e. The van der Waals surface area contributed by atoms with E-state index in [1.165, 1.54) is 0 Å². The first kappa shape index (κ1) is 17.4. The summed E-state index contributed by atoms with van der Waals surface area (Å²) in [6, 6.07) is 0.510. The van der Waals surface area contributed by atoms with Gasteiger partial charge in [0, 0.05) is 26.2 Å². The Kier molecular flexibility index (Phi) is 11.0. The lowest BCUT2D eigenvalue weighted by atomic mass is 10.0. The Bertz CT molecular complexity index is 206. The van der Waals surface area contributed by atoms with Gasteiger partial charge in [0.05, 0.1) is 13.0 Å². The molecule has 1 heterocycles. The summed E-state index contributed by atoms with van der Waals surface area (Å²) in [5.41, 5.74) is 0. The van der Waals surface area contributed by atoms with Crippen LogP contribution < -0.4 is 5.32 Å². The van der Waals surface area contributed by atoms with Crippen LogP contribution >= 0.6 is 0 Å². The summed E-state index contributed by atoms with van der Waals surface area (Å²) in [5.74, 6) is -0.726. The molecule has 0 saturated carbocycles. The van der Waals surface area contributed by atoms with E-state index in [0.717, 1.165) is 32.5 Å². The molecule has 0 aromatic rings. The van der Waals surface area contributed by atoms with Crippen LogP contribution in [0.3, 0.4) is 0 Å². The number of carbonyl (C=O) groups is 1. The molecule has 1 aliphatic heterocycles. The molecule has 5 heteroatoms. The Balaban J connectivity index is 0.00000137. The quantitative estimate of drug-likeness (QED) is 0.720. The van der Waals surface area contributed by atoms with Crippen molar-refractivity contribution in [3.05, 3.63) is 0 Å². The van der Waals surface area contributed by atoms with Gasteiger partial charge in [-0.25, -0.2) is 0 Å². The number of hydrogen-bond donors (Lipinski definition) is 2. The molecule has 0 spiro atoms. The number of nitrogens with zero attached hydrogens (tertiary/aromatic N) is 1. The average Bonchev–Trinajstić information content (AvgIpc) is 2.42. The second kappa shape index (κ2) is 11.4. The van der Waals surface area contributed by atoms with Gasteiger partial charge in [-0.3, -0.25) is 9.69 Å². The van der Waals surface area contributed by atoms with Crippen LogP contribution in [-0.2, 0) is 9.53 Å². The lowest BCUT2D eigenvalue weighted by molar-refractivity contribution is -0.137. The van der Waals surface area contributed by atoms with Crippen LogP contribution in [-0.4, -0.2) is 61.9 Å². The highest BCUT2D eigenvalue weighted by atomic mass is 16.5. The van der Waals surface area contributed by atoms with Gasteiger partial charge in [0.25, 0.3) is 0 Å². The highest BCUT2D eigenvalue weighted by molar-refractivity contribution is 5.66. The number of ether oxygens (including phenoxy) is 1. The molecule has 0 aliphatic carbocycles. The fourth-order valence-electron chi connectivity index (χ4n) is 2.10. The monoisotopic (exact) mass is 260 g/mol. The second-order valence-corrected chi connectivity index (χ2v) is 4.15. The molecular formula is C13H28N2O3. The van der Waals surface area contributed by atoms with E-state index in [-0.39, 0.29) is 6.42 Å². The Morgan fingerprint density at radius 2 is 1.94 bits per heavy atom. The van der Waals surface area contributed by atoms with Crippen LogP contribution in [0.2, 0.25) is 0 Å². The molecule has 1 rings (SSSR count). The molecule has 0 aromatic heterocycles. The number of piperidine rings is 1. The fraction of sp³-hybridized carbons (Fsp3) is 0.923. The third-order valence-electron chi connectivity index (χ3n) is 3.02. The molecular weight excluding hydrogens is 232 g/mol. The summed E-state index contributed by atoms with van der Waals surface area (Å²) in [4.78, 5) is 12.8. The van der Waals surface area contributed by atoms with Crippen molar-refractivity contribution in [3.63, 3.8) is 0 Å². The van der Waals surface area contributed by atoms with Crippen LogP contribution in [0, 0.1) is 0 Å². The van der Waals surface area contributed by atoms with E-state index >= 15 is 0 Å². The van der Waals surface area contributed by atoms with Gasteiger partial charge in [-0.15, -0.1) is 0 Å². The van der Waals surface area contributed by atoms with Crippen LogP contribution in [0.25, 0.3) is 0 Å². The number of carboxylic acid groups (broad SMARTS) is 1. The SMILES string of the molecule is CC.COCCN(CCC(=O)O)C1CCNCC1. The summed E-state index contributed by atoms with van der Waals surface area (Å²) in [6.45, 7) is 8.18. The van der Waals surface area contributed by atoms with Gasteiger partial charge >= 0.3 is 5.97 Å². The maximum Gasteiger partial charge on any atom is 0.304 e. The summed E-state index contributed by atoms with van der Waals surface area (Å²) in [7, 11) is 1.68. The third kappa shape index (κ3) is 7.63. The predicted octanol–water partition coefficient (Wildman–Crippen LogP) is 1.19. The molecule has 0 radical (unpaired) electrons. The van der Waals surface area contributed by atoms with Crippen molar-refractivity contribution in [3.8, 4) is 0 Å². The van der Waals surface area contributed by atoms with Gasteiger partial charge in [0.2, 0.25) is 0 Å². The molecule has 1 saturated heterocycles. The Morgan fingerprint density at radius 1 is 1.33 bits per heavy atom. The minimum Gasteiger partial charge on any atom is -0.481 e. The van der Waals surface area contributed by atoms with Crippen molar-refractivity contribution < 1.29 is 14.6 Å². The topological polar surface area (TPSA) is 61.8 Å². The van der Waals surface area contributed by atoms with Gasteiger partial charge in [0.15, 0.2) is 0 Å². The van der Waals surface area contributed by atoms with E-state index in [1.54, 1.807) is 7.11 Å². The Labute approximate surface area is 110 Å². The Hall–Kier alpha value is -0.650. The standard InChI is InChI=1S/C11H22N2O3.C2H6/c1-16-9-8-13(7-4-11(14)15)10-2-5-12-6-3-10;1-2/h10,12H,2-9H2,1H3,(H,14,15);1-2H3.